The van der Waals surface area contributed by atoms with Crippen molar-refractivity contribution in [1.29, 1.82) is 0 Å². The van der Waals surface area contributed by atoms with E-state index in [0.717, 1.165) is 0 Å². The Morgan fingerprint density at radius 3 is 2.75 bits per heavy atom. The summed E-state index contributed by atoms with van der Waals surface area (Å²) in [5, 5.41) is 10.1. The van der Waals surface area contributed by atoms with Gasteiger partial charge in [0.25, 0.3) is 0 Å². The zero-order valence-electron chi connectivity index (χ0n) is 8.70. The summed E-state index contributed by atoms with van der Waals surface area (Å²) < 4.78 is 22.8. The summed E-state index contributed by atoms with van der Waals surface area (Å²) in [5.74, 6) is -1.08. The molecule has 5 heteroatoms. The van der Waals surface area contributed by atoms with Crippen molar-refractivity contribution in [3.05, 3.63) is 33.9 Å². The third-order valence-corrected chi connectivity index (χ3v) is 2.42. The van der Waals surface area contributed by atoms with E-state index in [1.165, 1.54) is 26.2 Å². The Morgan fingerprint density at radius 2 is 2.12 bits per heavy atom. The third-order valence-electron chi connectivity index (χ3n) is 2.42. The molecule has 0 aliphatic rings. The molecule has 0 fully saturated rings. The fraction of sp³-hybridized carbons (Fsp3) is 0.182. The molecule has 1 N–H and O–H groups in total. The van der Waals surface area contributed by atoms with Crippen LogP contribution in [0.1, 0.15) is 5.56 Å². The molecule has 0 atom stereocenters. The predicted octanol–water partition coefficient (Wildman–Crippen LogP) is 1.95. The molecule has 2 aromatic rings. The number of halogens is 1. The summed E-state index contributed by atoms with van der Waals surface area (Å²) in [6.07, 6.45) is 0. The normalized spacial score (nSPS) is 10.7. The lowest BCUT2D eigenvalue weighted by Crippen LogP contribution is -2.07. The molecule has 0 unspecified atom stereocenters. The van der Waals surface area contributed by atoms with Crippen LogP contribution in [0.2, 0.25) is 0 Å². The Bertz CT molecular complexity index is 615. The number of methoxy groups -OCH3 is 1. The smallest absolute Gasteiger partial charge is 0.373 e. The molecule has 0 radical (unpaired) electrons. The second kappa shape index (κ2) is 3.52. The van der Waals surface area contributed by atoms with Gasteiger partial charge >= 0.3 is 5.63 Å². The molecular weight excluding hydrogens is 215 g/mol. The number of phenols is 1. The number of hydrogen-bond donors (Lipinski definition) is 1. The summed E-state index contributed by atoms with van der Waals surface area (Å²) in [5.41, 5.74) is -1.03. The minimum absolute atomic E-state index is 0.0664. The van der Waals surface area contributed by atoms with Gasteiger partial charge in [-0.05, 0) is 19.1 Å². The molecule has 0 aliphatic carbocycles. The first-order chi connectivity index (χ1) is 7.56. The van der Waals surface area contributed by atoms with Gasteiger partial charge in [-0.25, -0.2) is 4.79 Å². The molecule has 2 rings (SSSR count). The van der Waals surface area contributed by atoms with Crippen LogP contribution in [0.5, 0.6) is 11.5 Å². The molecule has 0 aliphatic heterocycles. The number of hydrogen-bond acceptors (Lipinski definition) is 4. The van der Waals surface area contributed by atoms with E-state index in [-0.39, 0.29) is 22.6 Å². The van der Waals surface area contributed by atoms with Crippen LogP contribution in [-0.4, -0.2) is 12.2 Å². The fourth-order valence-corrected chi connectivity index (χ4v) is 1.53. The minimum Gasteiger partial charge on any atom is -0.502 e. The number of fused-ring (bicyclic) bond motifs is 1. The highest BCUT2D eigenvalue weighted by molar-refractivity contribution is 5.87. The molecule has 1 aromatic carbocycles. The number of rotatable bonds is 1. The molecule has 16 heavy (non-hydrogen) atoms. The molecule has 0 spiro atoms. The van der Waals surface area contributed by atoms with Crippen LogP contribution in [0.25, 0.3) is 11.0 Å². The average molecular weight is 224 g/mol. The topological polar surface area (TPSA) is 59.7 Å². The molecular formula is C11H9FO4. The summed E-state index contributed by atoms with van der Waals surface area (Å²) in [7, 11) is 1.37. The van der Waals surface area contributed by atoms with E-state index in [2.05, 4.69) is 4.42 Å². The summed E-state index contributed by atoms with van der Waals surface area (Å²) >= 11 is 0. The maximum atomic E-state index is 13.3. The highest BCUT2D eigenvalue weighted by Crippen LogP contribution is 2.34. The van der Waals surface area contributed by atoms with Gasteiger partial charge in [-0.2, -0.15) is 4.39 Å². The third kappa shape index (κ3) is 1.32. The van der Waals surface area contributed by atoms with Gasteiger partial charge in [0.2, 0.25) is 11.6 Å². The van der Waals surface area contributed by atoms with Crippen LogP contribution < -0.4 is 10.4 Å². The zero-order chi connectivity index (χ0) is 11.9. The van der Waals surface area contributed by atoms with Crippen molar-refractivity contribution < 1.29 is 18.7 Å². The summed E-state index contributed by atoms with van der Waals surface area (Å²) in [6.45, 7) is 1.44. The van der Waals surface area contributed by atoms with Crippen LogP contribution in [-0.2, 0) is 0 Å². The van der Waals surface area contributed by atoms with Gasteiger partial charge in [-0.1, -0.05) is 0 Å². The molecule has 1 aromatic heterocycles. The maximum absolute atomic E-state index is 13.3. The van der Waals surface area contributed by atoms with Crippen molar-refractivity contribution in [3.8, 4) is 11.5 Å². The van der Waals surface area contributed by atoms with Gasteiger partial charge in [0.05, 0.1) is 7.11 Å². The van der Waals surface area contributed by atoms with Crippen LogP contribution in [0.4, 0.5) is 4.39 Å². The van der Waals surface area contributed by atoms with E-state index in [9.17, 15) is 14.3 Å². The minimum atomic E-state index is -1.10. The van der Waals surface area contributed by atoms with Crippen LogP contribution >= 0.6 is 0 Å². The van der Waals surface area contributed by atoms with E-state index in [4.69, 9.17) is 4.74 Å². The van der Waals surface area contributed by atoms with E-state index in [1.54, 1.807) is 0 Å². The first-order valence-electron chi connectivity index (χ1n) is 4.55. The quantitative estimate of drug-likeness (QED) is 0.752. The first-order valence-corrected chi connectivity index (χ1v) is 4.55. The van der Waals surface area contributed by atoms with Gasteiger partial charge in [-0.3, -0.25) is 0 Å². The monoisotopic (exact) mass is 224 g/mol. The average Bonchev–Trinajstić information content (AvgIpc) is 2.28. The van der Waals surface area contributed by atoms with Crippen LogP contribution in [0.3, 0.4) is 0 Å². The summed E-state index contributed by atoms with van der Waals surface area (Å²) in [6, 6.07) is 3.00. The van der Waals surface area contributed by atoms with Crippen molar-refractivity contribution in [2.24, 2.45) is 0 Å². The van der Waals surface area contributed by atoms with E-state index >= 15 is 0 Å². The van der Waals surface area contributed by atoms with Crippen LogP contribution in [0, 0.1) is 12.7 Å². The molecule has 0 bridgehead atoms. The van der Waals surface area contributed by atoms with Crippen molar-refractivity contribution in [2.45, 2.75) is 6.92 Å². The maximum Gasteiger partial charge on any atom is 0.373 e. The molecule has 1 heterocycles. The Balaban J connectivity index is 2.96. The van der Waals surface area contributed by atoms with Crippen molar-refractivity contribution in [3.63, 3.8) is 0 Å². The number of ether oxygens (including phenoxy) is 1. The van der Waals surface area contributed by atoms with Crippen molar-refractivity contribution in [2.75, 3.05) is 7.11 Å². The lowest BCUT2D eigenvalue weighted by Gasteiger charge is -2.07. The highest BCUT2D eigenvalue weighted by Gasteiger charge is 2.15. The fourth-order valence-electron chi connectivity index (χ4n) is 1.53. The van der Waals surface area contributed by atoms with Gasteiger partial charge in [-0.15, -0.1) is 0 Å². The molecule has 0 saturated carbocycles. The Kier molecular flexibility index (Phi) is 2.30. The Hall–Kier alpha value is -2.04. The second-order valence-corrected chi connectivity index (χ2v) is 3.32. The number of benzene rings is 1. The molecule has 0 saturated heterocycles. The van der Waals surface area contributed by atoms with Gasteiger partial charge < -0.3 is 14.3 Å². The second-order valence-electron chi connectivity index (χ2n) is 3.32. The molecule has 0 amide bonds. The Morgan fingerprint density at radius 1 is 1.44 bits per heavy atom. The Labute approximate surface area is 89.9 Å². The number of phenolic OH excluding ortho intramolecular Hbond substituents is 1. The van der Waals surface area contributed by atoms with Gasteiger partial charge in [0.1, 0.15) is 0 Å². The predicted molar refractivity (Wildman–Crippen MR) is 55.4 cm³/mol. The van der Waals surface area contributed by atoms with E-state index < -0.39 is 11.4 Å². The first kappa shape index (κ1) is 10.5. The lowest BCUT2D eigenvalue weighted by atomic mass is 10.1. The van der Waals surface area contributed by atoms with E-state index in [0.29, 0.717) is 5.39 Å². The van der Waals surface area contributed by atoms with Crippen molar-refractivity contribution >= 4 is 11.0 Å². The van der Waals surface area contributed by atoms with Crippen molar-refractivity contribution in [1.82, 2.24) is 0 Å². The number of aryl methyl sites for hydroxylation is 1. The van der Waals surface area contributed by atoms with Crippen LogP contribution in [0.15, 0.2) is 21.3 Å². The standard InChI is InChI=1S/C11H9FO4/c1-5-6-3-4-7(15-2)9(13)10(6)16-11(14)8(5)12/h3-4,13H,1-2H3. The van der Waals surface area contributed by atoms with Gasteiger partial charge in [0, 0.05) is 10.9 Å². The molecule has 84 valence electrons. The number of aromatic hydroxyl groups is 1. The van der Waals surface area contributed by atoms with Gasteiger partial charge in [0.15, 0.2) is 11.3 Å². The largest absolute Gasteiger partial charge is 0.502 e. The molecule has 4 nitrogen and oxygen atoms in total. The highest BCUT2D eigenvalue weighted by atomic mass is 19.1. The summed E-state index contributed by atoms with van der Waals surface area (Å²) in [4.78, 5) is 11.1. The zero-order valence-corrected chi connectivity index (χ0v) is 8.70. The lowest BCUT2D eigenvalue weighted by molar-refractivity contribution is 0.368. The SMILES string of the molecule is COc1ccc2c(C)c(F)c(=O)oc2c1O. The van der Waals surface area contributed by atoms with E-state index in [1.807, 2.05) is 0 Å².